The van der Waals surface area contributed by atoms with E-state index in [1.165, 1.54) is 103 Å². The summed E-state index contributed by atoms with van der Waals surface area (Å²) in [6.45, 7) is 7.54. The van der Waals surface area contributed by atoms with E-state index in [-0.39, 0.29) is 25.2 Å². The highest BCUT2D eigenvalue weighted by atomic mass is 16.6. The molecule has 0 amide bonds. The van der Waals surface area contributed by atoms with Crippen molar-refractivity contribution in [3.05, 3.63) is 134 Å². The first kappa shape index (κ1) is 66.0. The van der Waals surface area contributed by atoms with Crippen molar-refractivity contribution in [2.45, 2.75) is 245 Å². The van der Waals surface area contributed by atoms with Crippen molar-refractivity contribution >= 4 is 11.9 Å². The molecule has 0 rings (SSSR count). The molecular weight excluding hydrogens is 861 g/mol. The minimum absolute atomic E-state index is 0.0270. The van der Waals surface area contributed by atoms with E-state index >= 15 is 0 Å². The molecule has 70 heavy (non-hydrogen) atoms. The summed E-state index contributed by atoms with van der Waals surface area (Å²) in [5.41, 5.74) is 0. The van der Waals surface area contributed by atoms with Crippen LogP contribution in [0, 0.1) is 0 Å². The summed E-state index contributed by atoms with van der Waals surface area (Å²) in [5.74, 6) is -0.522. The first-order valence-corrected chi connectivity index (χ1v) is 28.7. The van der Waals surface area contributed by atoms with Crippen LogP contribution < -0.4 is 0 Å². The van der Waals surface area contributed by atoms with Crippen LogP contribution in [0.25, 0.3) is 0 Å². The molecule has 1 atom stereocenters. The van der Waals surface area contributed by atoms with Crippen LogP contribution in [0.4, 0.5) is 0 Å². The molecule has 0 radical (unpaired) electrons. The summed E-state index contributed by atoms with van der Waals surface area (Å²) in [6.07, 6.45) is 84.8. The van der Waals surface area contributed by atoms with Crippen LogP contribution in [0.2, 0.25) is 0 Å². The molecule has 0 fully saturated rings. The summed E-state index contributed by atoms with van der Waals surface area (Å²) in [5, 5.41) is 0. The number of carbonyl (C=O) groups excluding carboxylic acids is 2. The fourth-order valence-electron chi connectivity index (χ4n) is 7.40. The van der Waals surface area contributed by atoms with Gasteiger partial charge >= 0.3 is 11.9 Å². The van der Waals surface area contributed by atoms with Crippen LogP contribution in [0.5, 0.6) is 0 Å². The molecule has 0 heterocycles. The van der Waals surface area contributed by atoms with Gasteiger partial charge in [-0.25, -0.2) is 0 Å². The molecule has 0 aromatic carbocycles. The van der Waals surface area contributed by atoms with E-state index < -0.39 is 6.10 Å². The Morgan fingerprint density at radius 3 is 1.09 bits per heavy atom. The van der Waals surface area contributed by atoms with Gasteiger partial charge in [0, 0.05) is 19.4 Å². The smallest absolute Gasteiger partial charge is 0.306 e. The van der Waals surface area contributed by atoms with Gasteiger partial charge in [-0.1, -0.05) is 231 Å². The Labute approximate surface area is 432 Å². The minimum Gasteiger partial charge on any atom is -0.462 e. The van der Waals surface area contributed by atoms with E-state index in [9.17, 15) is 9.59 Å². The van der Waals surface area contributed by atoms with Crippen LogP contribution in [0.3, 0.4) is 0 Å². The second kappa shape index (κ2) is 59.3. The van der Waals surface area contributed by atoms with Gasteiger partial charge < -0.3 is 14.2 Å². The summed E-state index contributed by atoms with van der Waals surface area (Å²) in [7, 11) is 0. The van der Waals surface area contributed by atoms with Gasteiger partial charge in [0.1, 0.15) is 6.61 Å². The van der Waals surface area contributed by atoms with Gasteiger partial charge in [0.15, 0.2) is 6.10 Å². The van der Waals surface area contributed by atoms with E-state index in [0.717, 1.165) is 96.3 Å². The molecule has 0 saturated heterocycles. The number of unbranched alkanes of at least 4 members (excludes halogenated alkanes) is 18. The van der Waals surface area contributed by atoms with Crippen molar-refractivity contribution in [3.63, 3.8) is 0 Å². The molecule has 0 N–H and O–H groups in total. The Morgan fingerprint density at radius 2 is 0.671 bits per heavy atom. The lowest BCUT2D eigenvalue weighted by atomic mass is 10.1. The highest BCUT2D eigenvalue weighted by Gasteiger charge is 2.17. The lowest BCUT2D eigenvalue weighted by Gasteiger charge is -2.18. The quantitative estimate of drug-likeness (QED) is 0.0345. The van der Waals surface area contributed by atoms with Gasteiger partial charge in [-0.2, -0.15) is 0 Å². The lowest BCUT2D eigenvalue weighted by Crippen LogP contribution is -2.30. The zero-order valence-corrected chi connectivity index (χ0v) is 45.5. The standard InChI is InChI=1S/C65H106O5/c1-4-7-10-13-16-19-22-25-28-30-32-34-36-39-42-45-48-51-54-57-60-68-61-63(70-65(67)59-56-53-50-47-44-41-37-27-24-21-18-15-12-9-6-3)62-69-64(66)58-55-52-49-46-43-40-38-35-33-31-29-26-23-20-17-14-11-8-5-2/h8,11,16-21,25-29,32-35,37,40,43,49,52,63H,4-7,9-10,12-15,22-24,30-31,36,38-39,41-42,44-48,50-51,53-62H2,1-3H3/b11-8-,19-16-,20-17-,21-18-,28-25-,29-26-,34-32-,35-33-,37-27-,43-40-,52-49-. The summed E-state index contributed by atoms with van der Waals surface area (Å²) < 4.78 is 17.4. The Bertz CT molecular complexity index is 1470. The Hall–Kier alpha value is -3.96. The molecule has 0 aromatic rings. The fourth-order valence-corrected chi connectivity index (χ4v) is 7.40. The van der Waals surface area contributed by atoms with Gasteiger partial charge in [0.25, 0.3) is 0 Å². The van der Waals surface area contributed by atoms with E-state index in [2.05, 4.69) is 148 Å². The topological polar surface area (TPSA) is 61.8 Å². The first-order valence-electron chi connectivity index (χ1n) is 28.7. The molecule has 5 heteroatoms. The molecular formula is C65H106O5. The van der Waals surface area contributed by atoms with Gasteiger partial charge in [-0.3, -0.25) is 9.59 Å². The van der Waals surface area contributed by atoms with Gasteiger partial charge in [-0.05, 0) is 128 Å². The molecule has 0 aliphatic heterocycles. The predicted octanol–water partition coefficient (Wildman–Crippen LogP) is 19.9. The van der Waals surface area contributed by atoms with Crippen molar-refractivity contribution in [1.82, 2.24) is 0 Å². The van der Waals surface area contributed by atoms with E-state index in [4.69, 9.17) is 14.2 Å². The average Bonchev–Trinajstić information content (AvgIpc) is 3.36. The summed E-state index contributed by atoms with van der Waals surface area (Å²) in [4.78, 5) is 25.5. The number of hydrogen-bond acceptors (Lipinski definition) is 5. The highest BCUT2D eigenvalue weighted by Crippen LogP contribution is 2.12. The molecule has 0 aromatic heterocycles. The largest absolute Gasteiger partial charge is 0.462 e. The Kier molecular flexibility index (Phi) is 56.0. The van der Waals surface area contributed by atoms with Gasteiger partial charge in [0.2, 0.25) is 0 Å². The number of esters is 2. The third-order valence-corrected chi connectivity index (χ3v) is 11.7. The fraction of sp³-hybridized carbons (Fsp3) is 0.631. The Morgan fingerprint density at radius 1 is 0.329 bits per heavy atom. The number of allylic oxidation sites excluding steroid dienone is 22. The van der Waals surface area contributed by atoms with Crippen molar-refractivity contribution in [3.8, 4) is 0 Å². The molecule has 0 aliphatic carbocycles. The monoisotopic (exact) mass is 967 g/mol. The predicted molar refractivity (Wildman–Crippen MR) is 306 cm³/mol. The minimum atomic E-state index is -0.590. The maximum absolute atomic E-state index is 12.9. The van der Waals surface area contributed by atoms with Crippen molar-refractivity contribution in [2.75, 3.05) is 19.8 Å². The second-order valence-electron chi connectivity index (χ2n) is 18.4. The van der Waals surface area contributed by atoms with Crippen LogP contribution >= 0.6 is 0 Å². The number of ether oxygens (including phenoxy) is 3. The third kappa shape index (κ3) is 56.6. The SMILES string of the molecule is CC/C=C\C/C=C\C/C=C\C/C=C\C/C=C\C/C=C\CCC(=O)OCC(COCCCCCCCCC/C=C\C/C=C\C/C=C\CCCCC)OC(=O)CCCCCCC/C=C\C/C=C\CCCCC. The maximum Gasteiger partial charge on any atom is 0.306 e. The number of rotatable bonds is 51. The highest BCUT2D eigenvalue weighted by molar-refractivity contribution is 5.70. The van der Waals surface area contributed by atoms with E-state index in [0.29, 0.717) is 25.9 Å². The normalized spacial score (nSPS) is 13.2. The Balaban J connectivity index is 4.45. The maximum atomic E-state index is 12.9. The van der Waals surface area contributed by atoms with E-state index in [1.807, 2.05) is 6.08 Å². The molecule has 0 aliphatic rings. The zero-order chi connectivity index (χ0) is 50.6. The van der Waals surface area contributed by atoms with Crippen LogP contribution in [0.1, 0.15) is 239 Å². The zero-order valence-electron chi connectivity index (χ0n) is 45.5. The van der Waals surface area contributed by atoms with Crippen molar-refractivity contribution in [2.24, 2.45) is 0 Å². The molecule has 0 saturated carbocycles. The molecule has 396 valence electrons. The average molecular weight is 968 g/mol. The van der Waals surface area contributed by atoms with Crippen molar-refractivity contribution in [1.29, 1.82) is 0 Å². The first-order chi connectivity index (χ1) is 34.6. The van der Waals surface area contributed by atoms with Gasteiger partial charge in [0.05, 0.1) is 6.61 Å². The summed E-state index contributed by atoms with van der Waals surface area (Å²) >= 11 is 0. The van der Waals surface area contributed by atoms with E-state index in [1.54, 1.807) is 0 Å². The molecule has 5 nitrogen and oxygen atoms in total. The molecule has 0 bridgehead atoms. The van der Waals surface area contributed by atoms with Crippen LogP contribution in [-0.4, -0.2) is 37.9 Å². The van der Waals surface area contributed by atoms with Crippen LogP contribution in [-0.2, 0) is 23.8 Å². The number of hydrogen-bond donors (Lipinski definition) is 0. The second-order valence-corrected chi connectivity index (χ2v) is 18.4. The van der Waals surface area contributed by atoms with Crippen molar-refractivity contribution < 1.29 is 23.8 Å². The third-order valence-electron chi connectivity index (χ3n) is 11.7. The van der Waals surface area contributed by atoms with Gasteiger partial charge in [-0.15, -0.1) is 0 Å². The summed E-state index contributed by atoms with van der Waals surface area (Å²) in [6, 6.07) is 0. The van der Waals surface area contributed by atoms with Crippen LogP contribution in [0.15, 0.2) is 134 Å². The number of carbonyl (C=O) groups is 2. The lowest BCUT2D eigenvalue weighted by molar-refractivity contribution is -0.162. The molecule has 0 spiro atoms. The molecule has 1 unspecified atom stereocenters.